The number of allylic oxidation sites excluding steroid dienone is 2. The predicted octanol–water partition coefficient (Wildman–Crippen LogP) is 1.73. The molecule has 0 spiro atoms. The molecule has 13 heavy (non-hydrogen) atoms. The third-order valence-corrected chi connectivity index (χ3v) is 1.75. The monoisotopic (exact) mass is 176 g/mol. The van der Waals surface area contributed by atoms with Crippen LogP contribution in [-0.2, 0) is 0 Å². The lowest BCUT2D eigenvalue weighted by molar-refractivity contribution is 0.104. The van der Waals surface area contributed by atoms with Gasteiger partial charge in [-0.3, -0.25) is 4.79 Å². The van der Waals surface area contributed by atoms with Crippen molar-refractivity contribution < 1.29 is 4.79 Å². The molecule has 0 amide bonds. The molecule has 0 fully saturated rings. The van der Waals surface area contributed by atoms with Gasteiger partial charge < -0.3 is 5.73 Å². The molecule has 0 saturated carbocycles. The summed E-state index contributed by atoms with van der Waals surface area (Å²) in [5.74, 6) is 0.203. The van der Waals surface area contributed by atoms with Gasteiger partial charge in [0.1, 0.15) is 5.82 Å². The Hall–Kier alpha value is -1.64. The molecule has 68 valence electrons. The number of anilines is 1. The maximum Gasteiger partial charge on any atom is 0.189 e. The van der Waals surface area contributed by atoms with Crippen LogP contribution in [-0.4, -0.2) is 10.8 Å². The van der Waals surface area contributed by atoms with Crippen molar-refractivity contribution in [2.45, 2.75) is 13.8 Å². The van der Waals surface area contributed by atoms with Gasteiger partial charge in [0, 0.05) is 6.20 Å². The molecular weight excluding hydrogens is 164 g/mol. The number of carbonyl (C=O) groups excluding carboxylic acids is 1. The van der Waals surface area contributed by atoms with Crippen molar-refractivity contribution in [3.05, 3.63) is 35.5 Å². The van der Waals surface area contributed by atoms with Crippen LogP contribution in [0.3, 0.4) is 0 Å². The van der Waals surface area contributed by atoms with E-state index < -0.39 is 0 Å². The summed E-state index contributed by atoms with van der Waals surface area (Å²) in [5.41, 5.74) is 6.94. The lowest BCUT2D eigenvalue weighted by atomic mass is 10.1. The van der Waals surface area contributed by atoms with Gasteiger partial charge in [-0.15, -0.1) is 0 Å². The number of rotatable bonds is 2. The van der Waals surface area contributed by atoms with Crippen LogP contribution in [0.4, 0.5) is 5.82 Å². The Morgan fingerprint density at radius 2 is 2.31 bits per heavy atom. The summed E-state index contributed by atoms with van der Waals surface area (Å²) in [5, 5.41) is 0. The molecule has 0 aliphatic carbocycles. The second kappa shape index (κ2) is 3.85. The van der Waals surface area contributed by atoms with Crippen LogP contribution in [0.25, 0.3) is 0 Å². The zero-order chi connectivity index (χ0) is 9.84. The molecule has 0 radical (unpaired) electrons. The lowest BCUT2D eigenvalue weighted by Gasteiger charge is -2.03. The van der Waals surface area contributed by atoms with Crippen molar-refractivity contribution >= 4 is 11.6 Å². The first-order valence-corrected chi connectivity index (χ1v) is 4.05. The number of hydrogen-bond donors (Lipinski definition) is 1. The SMILES string of the molecule is C/C=C/C(=O)c1c(C)ccnc1N. The second-order valence-electron chi connectivity index (χ2n) is 2.75. The molecule has 1 aromatic heterocycles. The summed E-state index contributed by atoms with van der Waals surface area (Å²) < 4.78 is 0. The predicted molar refractivity (Wildman–Crippen MR) is 52.5 cm³/mol. The molecule has 1 aromatic rings. The maximum absolute atomic E-state index is 11.5. The van der Waals surface area contributed by atoms with Crippen LogP contribution in [0, 0.1) is 6.92 Å². The van der Waals surface area contributed by atoms with Gasteiger partial charge in [-0.2, -0.15) is 0 Å². The highest BCUT2D eigenvalue weighted by molar-refractivity contribution is 6.08. The number of pyridine rings is 1. The molecule has 1 rings (SSSR count). The average Bonchev–Trinajstić information content (AvgIpc) is 2.04. The first-order valence-electron chi connectivity index (χ1n) is 4.05. The molecule has 3 heteroatoms. The van der Waals surface area contributed by atoms with Crippen LogP contribution in [0.5, 0.6) is 0 Å². The van der Waals surface area contributed by atoms with E-state index in [1.54, 1.807) is 25.3 Å². The fraction of sp³-hybridized carbons (Fsp3) is 0.200. The van der Waals surface area contributed by atoms with Crippen LogP contribution in [0.1, 0.15) is 22.8 Å². The summed E-state index contributed by atoms with van der Waals surface area (Å²) in [6.45, 7) is 3.63. The van der Waals surface area contributed by atoms with Crippen LogP contribution >= 0.6 is 0 Å². The van der Waals surface area contributed by atoms with E-state index in [0.29, 0.717) is 11.4 Å². The second-order valence-corrected chi connectivity index (χ2v) is 2.75. The molecule has 0 aliphatic rings. The van der Waals surface area contributed by atoms with Crippen molar-refractivity contribution in [3.8, 4) is 0 Å². The van der Waals surface area contributed by atoms with Crippen LogP contribution in [0.15, 0.2) is 24.4 Å². The Morgan fingerprint density at radius 3 is 2.85 bits per heavy atom. The molecule has 0 bridgehead atoms. The van der Waals surface area contributed by atoms with Gasteiger partial charge in [0.2, 0.25) is 0 Å². The van der Waals surface area contributed by atoms with Gasteiger partial charge in [-0.25, -0.2) is 4.98 Å². The normalized spacial score (nSPS) is 10.6. The molecule has 0 atom stereocenters. The smallest absolute Gasteiger partial charge is 0.189 e. The van der Waals surface area contributed by atoms with E-state index in [1.165, 1.54) is 6.08 Å². The van der Waals surface area contributed by atoms with E-state index in [4.69, 9.17) is 5.73 Å². The number of nitrogens with two attached hydrogens (primary N) is 1. The van der Waals surface area contributed by atoms with Gasteiger partial charge >= 0.3 is 0 Å². The van der Waals surface area contributed by atoms with Crippen molar-refractivity contribution in [1.82, 2.24) is 4.98 Å². The molecule has 0 aromatic carbocycles. The molecule has 0 saturated heterocycles. The third-order valence-electron chi connectivity index (χ3n) is 1.75. The Kier molecular flexibility index (Phi) is 2.80. The number of nitrogens with zero attached hydrogens (tertiary/aromatic N) is 1. The highest BCUT2D eigenvalue weighted by Crippen LogP contribution is 2.14. The summed E-state index contributed by atoms with van der Waals surface area (Å²) in [6, 6.07) is 1.77. The van der Waals surface area contributed by atoms with E-state index in [0.717, 1.165) is 5.56 Å². The van der Waals surface area contributed by atoms with Crippen molar-refractivity contribution in [2.24, 2.45) is 0 Å². The Morgan fingerprint density at radius 1 is 1.62 bits per heavy atom. The number of hydrogen-bond acceptors (Lipinski definition) is 3. The fourth-order valence-corrected chi connectivity index (χ4v) is 1.13. The highest BCUT2D eigenvalue weighted by Gasteiger charge is 2.09. The van der Waals surface area contributed by atoms with E-state index in [2.05, 4.69) is 4.98 Å². The van der Waals surface area contributed by atoms with Gasteiger partial charge in [-0.05, 0) is 31.6 Å². The topological polar surface area (TPSA) is 56.0 Å². The standard InChI is InChI=1S/C10H12N2O/c1-3-4-8(13)9-7(2)5-6-12-10(9)11/h3-6H,1-2H3,(H2,11,12)/b4-3+. The van der Waals surface area contributed by atoms with Gasteiger partial charge in [0.25, 0.3) is 0 Å². The summed E-state index contributed by atoms with van der Waals surface area (Å²) in [4.78, 5) is 15.3. The first-order chi connectivity index (χ1) is 6.16. The van der Waals surface area contributed by atoms with Crippen molar-refractivity contribution in [2.75, 3.05) is 5.73 Å². The van der Waals surface area contributed by atoms with Gasteiger partial charge in [-0.1, -0.05) is 6.08 Å². The number of aromatic nitrogens is 1. The van der Waals surface area contributed by atoms with E-state index in [1.807, 2.05) is 6.92 Å². The Labute approximate surface area is 77.3 Å². The van der Waals surface area contributed by atoms with Gasteiger partial charge in [0.15, 0.2) is 5.78 Å². The molecule has 3 nitrogen and oxygen atoms in total. The summed E-state index contributed by atoms with van der Waals surface area (Å²) >= 11 is 0. The van der Waals surface area contributed by atoms with Gasteiger partial charge in [0.05, 0.1) is 5.56 Å². The van der Waals surface area contributed by atoms with Crippen LogP contribution in [0.2, 0.25) is 0 Å². The number of carbonyl (C=O) groups is 1. The number of ketones is 1. The van der Waals surface area contributed by atoms with Crippen LogP contribution < -0.4 is 5.73 Å². The van der Waals surface area contributed by atoms with Crippen molar-refractivity contribution in [1.29, 1.82) is 0 Å². The molecule has 0 unspecified atom stereocenters. The molecule has 1 heterocycles. The zero-order valence-electron chi connectivity index (χ0n) is 7.74. The lowest BCUT2D eigenvalue weighted by Crippen LogP contribution is -2.05. The zero-order valence-corrected chi connectivity index (χ0v) is 7.74. The Balaban J connectivity index is 3.20. The minimum Gasteiger partial charge on any atom is -0.383 e. The molecule has 2 N–H and O–H groups in total. The largest absolute Gasteiger partial charge is 0.383 e. The third kappa shape index (κ3) is 1.93. The number of aryl methyl sites for hydroxylation is 1. The minimum atomic E-state index is -0.0920. The van der Waals surface area contributed by atoms with Crippen molar-refractivity contribution in [3.63, 3.8) is 0 Å². The molecular formula is C10H12N2O. The first kappa shape index (κ1) is 9.45. The minimum absolute atomic E-state index is 0.0920. The number of nitrogen functional groups attached to an aromatic ring is 1. The van der Waals surface area contributed by atoms with E-state index in [9.17, 15) is 4.79 Å². The van der Waals surface area contributed by atoms with E-state index in [-0.39, 0.29) is 5.78 Å². The average molecular weight is 176 g/mol. The Bertz CT molecular complexity index is 336. The highest BCUT2D eigenvalue weighted by atomic mass is 16.1. The quantitative estimate of drug-likeness (QED) is 0.551. The summed E-state index contributed by atoms with van der Waals surface area (Å²) in [6.07, 6.45) is 4.77. The maximum atomic E-state index is 11.5. The fourth-order valence-electron chi connectivity index (χ4n) is 1.13. The summed E-state index contributed by atoms with van der Waals surface area (Å²) in [7, 11) is 0. The van der Waals surface area contributed by atoms with E-state index >= 15 is 0 Å². The molecule has 0 aliphatic heterocycles.